The summed E-state index contributed by atoms with van der Waals surface area (Å²) in [7, 11) is 0. The third-order valence-corrected chi connectivity index (χ3v) is 5.51. The molecule has 2 heterocycles. The molecule has 1 atom stereocenters. The van der Waals surface area contributed by atoms with Gasteiger partial charge in [-0.3, -0.25) is 19.4 Å². The van der Waals surface area contributed by atoms with Gasteiger partial charge in [0.1, 0.15) is 12.2 Å². The average molecular weight is 563 g/mol. The Hall–Kier alpha value is -6.37. The molecule has 210 valence electrons. The fourth-order valence-electron chi connectivity index (χ4n) is 3.72. The number of H-pyrrole nitrogens is 1. The Bertz CT molecular complexity index is 1580. The maximum Gasteiger partial charge on any atom is 0.326 e. The number of nitrogen functional groups attached to an aromatic ring is 1. The number of hydrogen-bond acceptors (Lipinski definition) is 9. The van der Waals surface area contributed by atoms with Crippen LogP contribution in [0, 0.1) is 12.3 Å². The van der Waals surface area contributed by atoms with Crippen molar-refractivity contribution >= 4 is 41.0 Å². The van der Waals surface area contributed by atoms with Crippen molar-refractivity contribution < 1.29 is 24.6 Å². The number of carboxylic acids is 2. The van der Waals surface area contributed by atoms with E-state index in [-0.39, 0.29) is 48.2 Å². The van der Waals surface area contributed by atoms with E-state index in [1.807, 2.05) is 0 Å². The topological polar surface area (TPSA) is 283 Å². The quantitative estimate of drug-likeness (QED) is 0.107. The van der Waals surface area contributed by atoms with E-state index >= 15 is 0 Å². The standard InChI is InChI=1S/C22H21N13O6/c1-2-9-33(13-5-3-12(4-6-13)19(38)26-15(21(40)41)7-8-16(36)37)10-14-11-34(31-29-24)18-17(35(14)32-30-25)20(39)28-22(23)27-18/h1,3-6,11,15H,7-10H2,(H,26,38)(H,36,37)(H,40,41)(H3,23,27,28,39)/t15-/m0/s1. The molecule has 0 unspecified atom stereocenters. The van der Waals surface area contributed by atoms with Crippen LogP contribution in [0.1, 0.15) is 23.2 Å². The lowest BCUT2D eigenvalue weighted by molar-refractivity contribution is -0.140. The van der Waals surface area contributed by atoms with Gasteiger partial charge in [0, 0.05) is 17.7 Å². The fourth-order valence-corrected chi connectivity index (χ4v) is 3.72. The first-order chi connectivity index (χ1) is 19.6. The molecule has 0 radical (unpaired) electrons. The highest BCUT2D eigenvalue weighted by atomic mass is 16.4. The number of azide groups is 2. The molecule has 1 aliphatic heterocycles. The van der Waals surface area contributed by atoms with Crippen molar-refractivity contribution in [2.24, 2.45) is 10.4 Å². The van der Waals surface area contributed by atoms with E-state index in [9.17, 15) is 24.3 Å². The van der Waals surface area contributed by atoms with Gasteiger partial charge in [-0.1, -0.05) is 5.92 Å². The number of benzene rings is 1. The number of fused-ring (bicyclic) bond motifs is 1. The largest absolute Gasteiger partial charge is 0.481 e. The second-order valence-electron chi connectivity index (χ2n) is 8.16. The van der Waals surface area contributed by atoms with Crippen LogP contribution in [-0.2, 0) is 9.59 Å². The fraction of sp³-hybridized carbons (Fsp3) is 0.227. The minimum Gasteiger partial charge on any atom is -0.481 e. The van der Waals surface area contributed by atoms with E-state index in [0.717, 1.165) is 10.0 Å². The first-order valence-corrected chi connectivity index (χ1v) is 11.4. The Morgan fingerprint density at radius 2 is 1.90 bits per heavy atom. The van der Waals surface area contributed by atoms with Gasteiger partial charge in [0.2, 0.25) is 5.95 Å². The van der Waals surface area contributed by atoms with Crippen molar-refractivity contribution in [1.29, 1.82) is 0 Å². The van der Waals surface area contributed by atoms with Gasteiger partial charge in [-0.25, -0.2) is 4.79 Å². The maximum absolute atomic E-state index is 12.7. The van der Waals surface area contributed by atoms with Gasteiger partial charge in [0.15, 0.2) is 5.70 Å². The molecule has 1 amide bonds. The molecule has 19 nitrogen and oxygen atoms in total. The first kappa shape index (κ1) is 29.2. The van der Waals surface area contributed by atoms with E-state index in [4.69, 9.17) is 28.3 Å². The lowest BCUT2D eigenvalue weighted by Crippen LogP contribution is -2.41. The van der Waals surface area contributed by atoms with Crippen LogP contribution in [0.2, 0.25) is 0 Å². The molecular weight excluding hydrogens is 542 g/mol. The summed E-state index contributed by atoms with van der Waals surface area (Å²) < 4.78 is 0. The summed E-state index contributed by atoms with van der Waals surface area (Å²) >= 11 is 0. The van der Waals surface area contributed by atoms with E-state index in [2.05, 4.69) is 41.5 Å². The number of aromatic amines is 1. The smallest absolute Gasteiger partial charge is 0.326 e. The van der Waals surface area contributed by atoms with Crippen LogP contribution in [0.5, 0.6) is 0 Å². The highest BCUT2D eigenvalue weighted by Gasteiger charge is 2.37. The van der Waals surface area contributed by atoms with Crippen molar-refractivity contribution in [2.45, 2.75) is 18.9 Å². The summed E-state index contributed by atoms with van der Waals surface area (Å²) in [5.74, 6) is -1.33. The normalized spacial score (nSPS) is 12.4. The molecule has 0 aliphatic carbocycles. The number of nitrogens with two attached hydrogens (primary N) is 1. The molecule has 41 heavy (non-hydrogen) atoms. The molecule has 0 fully saturated rings. The number of carbonyl (C=O) groups excluding carboxylic acids is 1. The third kappa shape index (κ3) is 6.94. The summed E-state index contributed by atoms with van der Waals surface area (Å²) in [6.45, 7) is -0.111. The van der Waals surface area contributed by atoms with Gasteiger partial charge in [0.25, 0.3) is 17.4 Å². The molecule has 2 aromatic rings. The molecule has 1 aromatic heterocycles. The Morgan fingerprint density at radius 3 is 2.49 bits per heavy atom. The van der Waals surface area contributed by atoms with Crippen LogP contribution in [0.25, 0.3) is 20.9 Å². The van der Waals surface area contributed by atoms with Crippen molar-refractivity contribution in [3.63, 3.8) is 0 Å². The van der Waals surface area contributed by atoms with Crippen LogP contribution in [0.15, 0.2) is 51.4 Å². The Labute approximate surface area is 229 Å². The van der Waals surface area contributed by atoms with Gasteiger partial charge < -0.3 is 26.2 Å². The van der Waals surface area contributed by atoms with Crippen molar-refractivity contribution in [3.05, 3.63) is 73.0 Å². The number of rotatable bonds is 12. The van der Waals surface area contributed by atoms with Crippen LogP contribution >= 0.6 is 0 Å². The van der Waals surface area contributed by atoms with Crippen LogP contribution in [-0.4, -0.2) is 57.2 Å². The summed E-state index contributed by atoms with van der Waals surface area (Å²) in [4.78, 5) is 60.8. The van der Waals surface area contributed by atoms with Crippen molar-refractivity contribution in [2.75, 3.05) is 33.7 Å². The average Bonchev–Trinajstić information content (AvgIpc) is 2.92. The number of nitrogens with one attached hydrogen (secondary N) is 2. The molecule has 1 aliphatic rings. The number of carbonyl (C=O) groups is 3. The number of aromatic nitrogens is 2. The van der Waals surface area contributed by atoms with Gasteiger partial charge in [0.05, 0.1) is 13.1 Å². The monoisotopic (exact) mass is 563 g/mol. The Morgan fingerprint density at radius 1 is 1.22 bits per heavy atom. The van der Waals surface area contributed by atoms with Crippen LogP contribution in [0.3, 0.4) is 0 Å². The molecular formula is C22H21N13O6. The number of nitrogens with zero attached hydrogens (tertiary/aromatic N) is 10. The predicted molar refractivity (Wildman–Crippen MR) is 144 cm³/mol. The van der Waals surface area contributed by atoms with Crippen molar-refractivity contribution in [1.82, 2.24) is 15.3 Å². The molecule has 6 N–H and O–H groups in total. The number of amides is 1. The Balaban J connectivity index is 1.91. The Kier molecular flexibility index (Phi) is 9.20. The second-order valence-corrected chi connectivity index (χ2v) is 8.16. The zero-order chi connectivity index (χ0) is 30.1. The highest BCUT2D eigenvalue weighted by Crippen LogP contribution is 2.34. The molecule has 1 aromatic carbocycles. The molecule has 19 heteroatoms. The highest BCUT2D eigenvalue weighted by molar-refractivity contribution is 5.97. The van der Waals surface area contributed by atoms with E-state index in [1.165, 1.54) is 30.5 Å². The lowest BCUT2D eigenvalue weighted by Gasteiger charge is -2.28. The minimum atomic E-state index is -1.41. The van der Waals surface area contributed by atoms with E-state index < -0.39 is 35.9 Å². The zero-order valence-electron chi connectivity index (χ0n) is 20.9. The number of aliphatic carboxylic acids is 2. The molecule has 0 saturated carbocycles. The zero-order valence-corrected chi connectivity index (χ0v) is 20.9. The summed E-state index contributed by atoms with van der Waals surface area (Å²) in [5, 5.41) is 29.3. The van der Waals surface area contributed by atoms with Crippen LogP contribution in [0.4, 0.5) is 23.1 Å². The van der Waals surface area contributed by atoms with Crippen molar-refractivity contribution in [3.8, 4) is 12.3 Å². The molecule has 0 spiro atoms. The van der Waals surface area contributed by atoms with Gasteiger partial charge in [-0.2, -0.15) is 24.8 Å². The SMILES string of the molecule is C#CCN(CC1=CN(N=[N+]=[N-])c2nc(N)[nH]c(=O)c2N1N=[N+]=[N-])c1ccc(C(=O)N[C@@H](CCC(=O)O)C(=O)O)cc1. The summed E-state index contributed by atoms with van der Waals surface area (Å²) in [6, 6.07) is 4.40. The van der Waals surface area contributed by atoms with E-state index in [1.54, 1.807) is 4.90 Å². The van der Waals surface area contributed by atoms with Crippen LogP contribution < -0.4 is 31.5 Å². The number of anilines is 4. The predicted octanol–water partition coefficient (Wildman–Crippen LogP) is 1.46. The number of hydrogen-bond donors (Lipinski definition) is 5. The number of terminal acetylenes is 1. The second kappa shape index (κ2) is 12.9. The number of carboxylic acid groups (broad SMARTS) is 2. The van der Waals surface area contributed by atoms with Gasteiger partial charge in [-0.05, 0) is 41.1 Å². The first-order valence-electron chi connectivity index (χ1n) is 11.4. The molecule has 3 rings (SSSR count). The summed E-state index contributed by atoms with van der Waals surface area (Å²) in [5.41, 5.74) is 23.4. The summed E-state index contributed by atoms with van der Waals surface area (Å²) in [6.07, 6.45) is 6.05. The third-order valence-electron chi connectivity index (χ3n) is 5.51. The molecule has 0 saturated heterocycles. The van der Waals surface area contributed by atoms with Gasteiger partial charge >= 0.3 is 17.5 Å². The van der Waals surface area contributed by atoms with Gasteiger partial charge in [-0.15, -0.1) is 17.5 Å². The van der Waals surface area contributed by atoms with E-state index in [0.29, 0.717) is 5.69 Å². The lowest BCUT2D eigenvalue weighted by atomic mass is 10.1. The maximum atomic E-state index is 12.7. The minimum absolute atomic E-state index is 0.00596. The molecule has 0 bridgehead atoms.